The van der Waals surface area contributed by atoms with E-state index >= 15 is 0 Å². The third kappa shape index (κ3) is 3.83. The Hall–Kier alpha value is -3.35. The number of para-hydroxylation sites is 1. The predicted molar refractivity (Wildman–Crippen MR) is 109 cm³/mol. The van der Waals surface area contributed by atoms with Gasteiger partial charge in [0.25, 0.3) is 0 Å². The van der Waals surface area contributed by atoms with Crippen molar-refractivity contribution in [3.8, 4) is 11.6 Å². The van der Waals surface area contributed by atoms with E-state index < -0.39 is 0 Å². The molecule has 28 heavy (non-hydrogen) atoms. The summed E-state index contributed by atoms with van der Waals surface area (Å²) in [4.78, 5) is 8.97. The molecule has 7 heteroatoms. The minimum Gasteiger partial charge on any atom is -0.493 e. The Balaban J connectivity index is 1.41. The summed E-state index contributed by atoms with van der Waals surface area (Å²) >= 11 is 0. The van der Waals surface area contributed by atoms with Crippen molar-refractivity contribution in [3.05, 3.63) is 71.2 Å². The summed E-state index contributed by atoms with van der Waals surface area (Å²) in [6.45, 7) is 5.12. The molecule has 0 spiro atoms. The maximum absolute atomic E-state index is 6.12. The van der Waals surface area contributed by atoms with Gasteiger partial charge in [0.05, 0.1) is 24.9 Å². The summed E-state index contributed by atoms with van der Waals surface area (Å²) in [5.41, 5.74) is 10.2. The third-order valence-corrected chi connectivity index (χ3v) is 4.75. The number of guanidine groups is 1. The second kappa shape index (κ2) is 7.72. The molecule has 1 aliphatic heterocycles. The molecule has 0 aliphatic carbocycles. The molecule has 1 aromatic carbocycles. The Kier molecular flexibility index (Phi) is 4.97. The van der Waals surface area contributed by atoms with Gasteiger partial charge in [0, 0.05) is 23.9 Å². The molecule has 4 rings (SSSR count). The van der Waals surface area contributed by atoms with E-state index in [4.69, 9.17) is 10.5 Å². The zero-order chi connectivity index (χ0) is 19.5. The van der Waals surface area contributed by atoms with E-state index in [0.717, 1.165) is 40.5 Å². The average Bonchev–Trinajstić information content (AvgIpc) is 3.05. The molecular formula is C21H24N6O. The summed E-state index contributed by atoms with van der Waals surface area (Å²) in [6.07, 6.45) is 2.67. The van der Waals surface area contributed by atoms with Gasteiger partial charge in [0.2, 0.25) is 0 Å². The molecule has 3 aromatic rings. The topological polar surface area (TPSA) is 90.4 Å². The maximum Gasteiger partial charge on any atom is 0.189 e. The Labute approximate surface area is 164 Å². The summed E-state index contributed by atoms with van der Waals surface area (Å²) in [7, 11) is 0. The van der Waals surface area contributed by atoms with Crippen LogP contribution in [0.25, 0.3) is 5.82 Å². The van der Waals surface area contributed by atoms with Crippen molar-refractivity contribution in [2.24, 2.45) is 10.7 Å². The predicted octanol–water partition coefficient (Wildman–Crippen LogP) is 2.81. The fraction of sp³-hybridized carbons (Fsp3) is 0.286. The Morgan fingerprint density at radius 3 is 2.89 bits per heavy atom. The fourth-order valence-corrected chi connectivity index (χ4v) is 3.39. The zero-order valence-corrected chi connectivity index (χ0v) is 16.1. The molecule has 1 aliphatic rings. The second-order valence-corrected chi connectivity index (χ2v) is 6.94. The van der Waals surface area contributed by atoms with Gasteiger partial charge in [-0.15, -0.1) is 0 Å². The number of aryl methyl sites for hydroxylation is 2. The van der Waals surface area contributed by atoms with Gasteiger partial charge >= 0.3 is 0 Å². The van der Waals surface area contributed by atoms with Gasteiger partial charge in [-0.25, -0.2) is 14.7 Å². The van der Waals surface area contributed by atoms with Crippen molar-refractivity contribution < 1.29 is 4.74 Å². The van der Waals surface area contributed by atoms with Crippen molar-refractivity contribution in [2.45, 2.75) is 32.9 Å². The van der Waals surface area contributed by atoms with E-state index in [1.807, 2.05) is 61.1 Å². The van der Waals surface area contributed by atoms with Crippen LogP contribution in [0.5, 0.6) is 5.75 Å². The van der Waals surface area contributed by atoms with Crippen molar-refractivity contribution in [2.75, 3.05) is 6.61 Å². The molecule has 1 unspecified atom stereocenters. The lowest BCUT2D eigenvalue weighted by Gasteiger charge is -2.26. The monoisotopic (exact) mass is 376 g/mol. The molecule has 0 saturated carbocycles. The van der Waals surface area contributed by atoms with E-state index in [0.29, 0.717) is 19.1 Å². The van der Waals surface area contributed by atoms with Gasteiger partial charge in [-0.05, 0) is 37.6 Å². The van der Waals surface area contributed by atoms with Crippen LogP contribution in [-0.2, 0) is 6.54 Å². The molecule has 0 bridgehead atoms. The van der Waals surface area contributed by atoms with Crippen LogP contribution in [0, 0.1) is 13.8 Å². The lowest BCUT2D eigenvalue weighted by Crippen LogP contribution is -2.37. The fourth-order valence-electron chi connectivity index (χ4n) is 3.39. The number of rotatable bonds is 4. The summed E-state index contributed by atoms with van der Waals surface area (Å²) in [5, 5.41) is 7.76. The standard InChI is InChI=1S/C21H24N6O/c1-14-11-15(2)27(26-14)20-8-7-16(12-23-20)13-24-21(22)25-18-9-10-28-19-6-4-3-5-17(18)19/h3-8,11-12,18H,9-10,13H2,1-2H3,(H3,22,24,25). The Morgan fingerprint density at radius 1 is 1.29 bits per heavy atom. The first-order valence-electron chi connectivity index (χ1n) is 9.37. The Bertz CT molecular complexity index is 992. The highest BCUT2D eigenvalue weighted by atomic mass is 16.5. The molecule has 0 radical (unpaired) electrons. The van der Waals surface area contributed by atoms with E-state index in [1.54, 1.807) is 0 Å². The lowest BCUT2D eigenvalue weighted by molar-refractivity contribution is 0.262. The third-order valence-electron chi connectivity index (χ3n) is 4.75. The number of hydrogen-bond donors (Lipinski definition) is 2. The zero-order valence-electron chi connectivity index (χ0n) is 16.1. The SMILES string of the molecule is Cc1cc(C)n(-c2ccc(CN=C(N)NC3CCOc4ccccc43)cn2)n1. The number of nitrogens with two attached hydrogens (primary N) is 1. The molecular weight excluding hydrogens is 352 g/mol. The number of pyridine rings is 1. The molecule has 3 N–H and O–H groups in total. The van der Waals surface area contributed by atoms with Crippen molar-refractivity contribution in [3.63, 3.8) is 0 Å². The molecule has 0 amide bonds. The molecule has 2 aromatic heterocycles. The van der Waals surface area contributed by atoms with Crippen LogP contribution in [-0.4, -0.2) is 27.3 Å². The van der Waals surface area contributed by atoms with Crippen molar-refractivity contribution in [1.29, 1.82) is 0 Å². The highest BCUT2D eigenvalue weighted by molar-refractivity contribution is 5.78. The van der Waals surface area contributed by atoms with Crippen LogP contribution in [0.2, 0.25) is 0 Å². The minimum atomic E-state index is 0.111. The van der Waals surface area contributed by atoms with Crippen LogP contribution in [0.4, 0.5) is 0 Å². The molecule has 1 atom stereocenters. The molecule has 144 valence electrons. The number of nitrogens with one attached hydrogen (secondary N) is 1. The smallest absolute Gasteiger partial charge is 0.189 e. The molecule has 7 nitrogen and oxygen atoms in total. The van der Waals surface area contributed by atoms with E-state index in [-0.39, 0.29) is 6.04 Å². The molecule has 0 fully saturated rings. The number of aromatic nitrogens is 3. The molecule has 0 saturated heterocycles. The van der Waals surface area contributed by atoms with Crippen molar-refractivity contribution in [1.82, 2.24) is 20.1 Å². The van der Waals surface area contributed by atoms with Crippen LogP contribution >= 0.6 is 0 Å². The van der Waals surface area contributed by atoms with E-state index in [1.165, 1.54) is 0 Å². The average molecular weight is 376 g/mol. The second-order valence-electron chi connectivity index (χ2n) is 6.94. The summed E-state index contributed by atoms with van der Waals surface area (Å²) in [5.74, 6) is 2.12. The highest BCUT2D eigenvalue weighted by Gasteiger charge is 2.21. The number of nitrogens with zero attached hydrogens (tertiary/aromatic N) is 4. The van der Waals surface area contributed by atoms with Gasteiger partial charge in [-0.1, -0.05) is 24.3 Å². The number of ether oxygens (including phenoxy) is 1. The van der Waals surface area contributed by atoms with Gasteiger partial charge in [0.15, 0.2) is 11.8 Å². The van der Waals surface area contributed by atoms with Crippen LogP contribution in [0.3, 0.4) is 0 Å². The van der Waals surface area contributed by atoms with E-state index in [2.05, 4.69) is 26.5 Å². The van der Waals surface area contributed by atoms with Gasteiger partial charge < -0.3 is 15.8 Å². The Morgan fingerprint density at radius 2 is 2.14 bits per heavy atom. The van der Waals surface area contributed by atoms with Gasteiger partial charge in [-0.3, -0.25) is 0 Å². The first kappa shape index (κ1) is 18.0. The normalized spacial score (nSPS) is 16.4. The summed E-state index contributed by atoms with van der Waals surface area (Å²) < 4.78 is 7.52. The van der Waals surface area contributed by atoms with E-state index in [9.17, 15) is 0 Å². The number of hydrogen-bond acceptors (Lipinski definition) is 4. The molecule has 3 heterocycles. The first-order chi connectivity index (χ1) is 13.6. The number of aliphatic imine (C=N–C) groups is 1. The number of fused-ring (bicyclic) bond motifs is 1. The largest absolute Gasteiger partial charge is 0.493 e. The van der Waals surface area contributed by atoms with Crippen LogP contribution in [0.1, 0.15) is 35.0 Å². The first-order valence-corrected chi connectivity index (χ1v) is 9.37. The minimum absolute atomic E-state index is 0.111. The highest BCUT2D eigenvalue weighted by Crippen LogP contribution is 2.31. The van der Waals surface area contributed by atoms with Gasteiger partial charge in [0.1, 0.15) is 5.75 Å². The van der Waals surface area contributed by atoms with Gasteiger partial charge in [-0.2, -0.15) is 5.10 Å². The number of benzene rings is 1. The van der Waals surface area contributed by atoms with Crippen LogP contribution in [0.15, 0.2) is 53.7 Å². The summed E-state index contributed by atoms with van der Waals surface area (Å²) in [6, 6.07) is 14.1. The van der Waals surface area contributed by atoms with Crippen LogP contribution < -0.4 is 15.8 Å². The maximum atomic E-state index is 6.12. The lowest BCUT2D eigenvalue weighted by atomic mass is 10.0. The quantitative estimate of drug-likeness (QED) is 0.540. The van der Waals surface area contributed by atoms with Crippen molar-refractivity contribution >= 4 is 5.96 Å².